The lowest BCUT2D eigenvalue weighted by Gasteiger charge is -2.39. The highest BCUT2D eigenvalue weighted by molar-refractivity contribution is 7.89. The Balaban J connectivity index is 1.16. The molecule has 4 aromatic rings. The van der Waals surface area contributed by atoms with Gasteiger partial charge in [-0.25, -0.2) is 8.42 Å². The number of piperazine rings is 1. The number of rotatable bonds is 10. The van der Waals surface area contributed by atoms with Gasteiger partial charge in [-0.15, -0.1) is 0 Å². The fourth-order valence-corrected chi connectivity index (χ4v) is 7.53. The van der Waals surface area contributed by atoms with Crippen molar-refractivity contribution in [1.82, 2.24) is 14.5 Å². The molecule has 0 saturated carbocycles. The van der Waals surface area contributed by atoms with Crippen molar-refractivity contribution in [3.8, 4) is 0 Å². The first-order chi connectivity index (χ1) is 22.1. The number of carbonyl (C=O) groups is 1. The average Bonchev–Trinajstić information content (AvgIpc) is 3.06. The highest BCUT2D eigenvalue weighted by Gasteiger charge is 2.32. The SMILES string of the molecule is CC(C)Cc1ccc(C(C)C(=O)NC(=S)Nc2ccc(S(=O)(=O)N3CCN(C(c4ccccc4)c4ccccc4)CC3)cc2)cc1. The van der Waals surface area contributed by atoms with Crippen LogP contribution in [0.25, 0.3) is 0 Å². The predicted molar refractivity (Wildman–Crippen MR) is 189 cm³/mol. The van der Waals surface area contributed by atoms with Crippen LogP contribution in [0.4, 0.5) is 5.69 Å². The summed E-state index contributed by atoms with van der Waals surface area (Å²) >= 11 is 5.39. The van der Waals surface area contributed by atoms with Gasteiger partial charge in [0.25, 0.3) is 0 Å². The van der Waals surface area contributed by atoms with Crippen molar-refractivity contribution in [2.45, 2.75) is 44.0 Å². The zero-order chi connectivity index (χ0) is 32.7. The second-order valence-electron chi connectivity index (χ2n) is 12.2. The van der Waals surface area contributed by atoms with Crippen molar-refractivity contribution < 1.29 is 13.2 Å². The molecule has 0 aromatic heterocycles. The average molecular weight is 655 g/mol. The molecule has 1 amide bonds. The van der Waals surface area contributed by atoms with Crippen LogP contribution in [0, 0.1) is 5.92 Å². The summed E-state index contributed by atoms with van der Waals surface area (Å²) in [6.07, 6.45) is 0.996. The maximum absolute atomic E-state index is 13.6. The van der Waals surface area contributed by atoms with Crippen LogP contribution in [0.5, 0.6) is 0 Å². The number of hydrogen-bond acceptors (Lipinski definition) is 5. The van der Waals surface area contributed by atoms with Gasteiger partial charge < -0.3 is 10.6 Å². The largest absolute Gasteiger partial charge is 0.332 e. The Morgan fingerprint density at radius 1 is 0.739 bits per heavy atom. The number of nitrogens with zero attached hydrogens (tertiary/aromatic N) is 2. The van der Waals surface area contributed by atoms with E-state index in [1.54, 1.807) is 28.6 Å². The van der Waals surface area contributed by atoms with E-state index >= 15 is 0 Å². The normalized spacial score (nSPS) is 15.1. The minimum Gasteiger partial charge on any atom is -0.332 e. The van der Waals surface area contributed by atoms with E-state index in [2.05, 4.69) is 65.8 Å². The molecule has 1 fully saturated rings. The highest BCUT2D eigenvalue weighted by atomic mass is 32.2. The van der Waals surface area contributed by atoms with Gasteiger partial charge in [-0.05, 0) is 78.0 Å². The maximum atomic E-state index is 13.6. The van der Waals surface area contributed by atoms with Crippen LogP contribution < -0.4 is 10.6 Å². The van der Waals surface area contributed by atoms with E-state index in [1.807, 2.05) is 55.5 Å². The van der Waals surface area contributed by atoms with Gasteiger partial charge in [0.05, 0.1) is 16.9 Å². The Hall–Kier alpha value is -3.89. The van der Waals surface area contributed by atoms with E-state index in [9.17, 15) is 13.2 Å². The van der Waals surface area contributed by atoms with Crippen LogP contribution in [0.15, 0.2) is 114 Å². The monoisotopic (exact) mass is 654 g/mol. The van der Waals surface area contributed by atoms with Crippen molar-refractivity contribution in [2.24, 2.45) is 5.92 Å². The van der Waals surface area contributed by atoms with E-state index in [1.165, 1.54) is 16.7 Å². The predicted octanol–water partition coefficient (Wildman–Crippen LogP) is 6.60. The molecule has 2 N–H and O–H groups in total. The summed E-state index contributed by atoms with van der Waals surface area (Å²) in [5, 5.41) is 5.92. The quantitative estimate of drug-likeness (QED) is 0.188. The number of carbonyl (C=O) groups excluding carboxylic acids is 1. The number of sulfonamides is 1. The third-order valence-electron chi connectivity index (χ3n) is 8.37. The fourth-order valence-electron chi connectivity index (χ4n) is 5.89. The van der Waals surface area contributed by atoms with Gasteiger partial charge in [0.2, 0.25) is 15.9 Å². The summed E-state index contributed by atoms with van der Waals surface area (Å²) < 4.78 is 28.7. The van der Waals surface area contributed by atoms with Crippen LogP contribution in [-0.4, -0.2) is 54.8 Å². The number of thiocarbonyl (C=S) groups is 1. The summed E-state index contributed by atoms with van der Waals surface area (Å²) in [5.74, 6) is -0.0240. The van der Waals surface area contributed by atoms with Gasteiger partial charge in [-0.1, -0.05) is 98.8 Å². The molecule has 1 heterocycles. The van der Waals surface area contributed by atoms with Gasteiger partial charge in [0.1, 0.15) is 0 Å². The van der Waals surface area contributed by atoms with Crippen molar-refractivity contribution in [1.29, 1.82) is 0 Å². The number of amides is 1. The minimum atomic E-state index is -3.68. The molecule has 5 rings (SSSR count). The number of anilines is 1. The fraction of sp³-hybridized carbons (Fsp3) is 0.297. The zero-order valence-corrected chi connectivity index (χ0v) is 28.2. The molecule has 1 unspecified atom stereocenters. The Morgan fingerprint density at radius 2 is 1.28 bits per heavy atom. The van der Waals surface area contributed by atoms with E-state index in [4.69, 9.17) is 12.2 Å². The van der Waals surface area contributed by atoms with Gasteiger partial charge in [-0.3, -0.25) is 9.69 Å². The molecule has 9 heteroatoms. The maximum Gasteiger partial charge on any atom is 0.243 e. The van der Waals surface area contributed by atoms with Crippen LogP contribution in [-0.2, 0) is 21.2 Å². The number of hydrogen-bond donors (Lipinski definition) is 2. The topological polar surface area (TPSA) is 81.8 Å². The Labute approximate surface area is 278 Å². The summed E-state index contributed by atoms with van der Waals surface area (Å²) in [5.41, 5.74) is 5.13. The molecule has 7 nitrogen and oxygen atoms in total. The van der Waals surface area contributed by atoms with E-state index in [-0.39, 0.29) is 27.9 Å². The molecule has 0 radical (unpaired) electrons. The van der Waals surface area contributed by atoms with Crippen LogP contribution in [0.1, 0.15) is 55.0 Å². The molecule has 1 atom stereocenters. The van der Waals surface area contributed by atoms with E-state index in [0.717, 1.165) is 12.0 Å². The lowest BCUT2D eigenvalue weighted by atomic mass is 9.96. The summed E-state index contributed by atoms with van der Waals surface area (Å²) in [7, 11) is -3.68. The van der Waals surface area contributed by atoms with Gasteiger partial charge in [-0.2, -0.15) is 4.31 Å². The summed E-state index contributed by atoms with van der Waals surface area (Å²) in [6.45, 7) is 8.23. The standard InChI is InChI=1S/C37H42N4O3S2/c1-27(2)26-29-14-16-30(17-15-29)28(3)36(42)39-37(45)38-33-18-20-34(21-19-33)46(43,44)41-24-22-40(23-25-41)35(31-10-6-4-7-11-31)32-12-8-5-9-13-32/h4-21,27-28,35H,22-26H2,1-3H3,(H2,38,39,42,45). The molecule has 0 bridgehead atoms. The summed E-state index contributed by atoms with van der Waals surface area (Å²) in [4.78, 5) is 15.4. The second-order valence-corrected chi connectivity index (χ2v) is 14.5. The third kappa shape index (κ3) is 8.27. The zero-order valence-electron chi connectivity index (χ0n) is 26.6. The van der Waals surface area contributed by atoms with Crippen LogP contribution in [0.2, 0.25) is 0 Å². The van der Waals surface area contributed by atoms with Gasteiger partial charge >= 0.3 is 0 Å². The summed E-state index contributed by atoms with van der Waals surface area (Å²) in [6, 6.07) is 35.3. The molecule has 1 aliphatic heterocycles. The first kappa shape index (κ1) is 33.5. The van der Waals surface area contributed by atoms with Crippen molar-refractivity contribution in [3.05, 3.63) is 131 Å². The molecule has 46 heavy (non-hydrogen) atoms. The smallest absolute Gasteiger partial charge is 0.243 e. The van der Waals surface area contributed by atoms with Crippen molar-refractivity contribution in [2.75, 3.05) is 31.5 Å². The Morgan fingerprint density at radius 3 is 1.80 bits per heavy atom. The molecular weight excluding hydrogens is 613 g/mol. The Kier molecular flexibility index (Phi) is 11.0. The van der Waals surface area contributed by atoms with Gasteiger partial charge in [0, 0.05) is 31.9 Å². The molecular formula is C37H42N4O3S2. The number of benzene rings is 4. The van der Waals surface area contributed by atoms with E-state index in [0.29, 0.717) is 37.8 Å². The van der Waals surface area contributed by atoms with Crippen molar-refractivity contribution >= 4 is 38.9 Å². The second kappa shape index (κ2) is 15.1. The third-order valence-corrected chi connectivity index (χ3v) is 10.5. The van der Waals surface area contributed by atoms with Gasteiger partial charge in [0.15, 0.2) is 5.11 Å². The number of nitrogens with one attached hydrogen (secondary N) is 2. The molecule has 4 aromatic carbocycles. The van der Waals surface area contributed by atoms with Crippen LogP contribution >= 0.6 is 12.2 Å². The lowest BCUT2D eigenvalue weighted by Crippen LogP contribution is -2.49. The molecule has 1 saturated heterocycles. The minimum absolute atomic E-state index is 0.0557. The van der Waals surface area contributed by atoms with E-state index < -0.39 is 10.0 Å². The molecule has 1 aliphatic rings. The van der Waals surface area contributed by atoms with Crippen LogP contribution in [0.3, 0.4) is 0 Å². The lowest BCUT2D eigenvalue weighted by molar-refractivity contribution is -0.120. The highest BCUT2D eigenvalue weighted by Crippen LogP contribution is 2.30. The Bertz CT molecular complexity index is 1660. The molecule has 0 spiro atoms. The molecule has 240 valence electrons. The first-order valence-electron chi connectivity index (χ1n) is 15.8. The molecule has 0 aliphatic carbocycles. The first-order valence-corrected chi connectivity index (χ1v) is 17.6. The van der Waals surface area contributed by atoms with Crippen molar-refractivity contribution in [3.63, 3.8) is 0 Å².